The minimum atomic E-state index is -0.723. The molecular weight excluding hydrogens is 366 g/mol. The average Bonchev–Trinajstić information content (AvgIpc) is 3.16. The highest BCUT2D eigenvalue weighted by Gasteiger charge is 2.68. The first kappa shape index (κ1) is 17.8. The third kappa shape index (κ3) is 2.23. The van der Waals surface area contributed by atoms with Gasteiger partial charge in [0.1, 0.15) is 22.7 Å². The lowest BCUT2D eigenvalue weighted by atomic mass is 9.83. The molecule has 3 aliphatic rings. The van der Waals surface area contributed by atoms with Gasteiger partial charge in [0, 0.05) is 19.4 Å². The lowest BCUT2D eigenvalue weighted by molar-refractivity contribution is -0.109. The maximum absolute atomic E-state index is 13.3. The highest BCUT2D eigenvalue weighted by Crippen LogP contribution is 2.56. The Morgan fingerprint density at radius 2 is 2.22 bits per heavy atom. The molecule has 1 amide bonds. The maximum atomic E-state index is 13.3. The number of allylic oxidation sites excluding steroid dienone is 3. The minimum Gasteiger partial charge on any atom is -0.497 e. The van der Waals surface area contributed by atoms with Crippen molar-refractivity contribution in [1.29, 1.82) is 0 Å². The summed E-state index contributed by atoms with van der Waals surface area (Å²) < 4.78 is 12.6. The van der Waals surface area contributed by atoms with E-state index in [0.29, 0.717) is 23.2 Å². The molecule has 7 nitrogen and oxygen atoms in total. The Labute approximate surface area is 161 Å². The van der Waals surface area contributed by atoms with E-state index < -0.39 is 11.6 Å². The zero-order valence-corrected chi connectivity index (χ0v) is 16.2. The van der Waals surface area contributed by atoms with Crippen LogP contribution in [0.2, 0.25) is 0 Å². The highest BCUT2D eigenvalue weighted by molar-refractivity contribution is 8.13. The Kier molecular flexibility index (Phi) is 4.12. The molecule has 0 saturated carbocycles. The van der Waals surface area contributed by atoms with Crippen molar-refractivity contribution in [3.05, 3.63) is 48.5 Å². The van der Waals surface area contributed by atoms with Crippen LogP contribution < -0.4 is 4.48 Å². The number of amides is 1. The van der Waals surface area contributed by atoms with Gasteiger partial charge in [-0.2, -0.15) is 9.78 Å². The third-order valence-corrected chi connectivity index (χ3v) is 5.85. The van der Waals surface area contributed by atoms with Gasteiger partial charge in [0.15, 0.2) is 10.7 Å². The molecule has 0 N–H and O–H groups in total. The van der Waals surface area contributed by atoms with Crippen LogP contribution in [0, 0.1) is 0 Å². The molecule has 140 valence electrons. The molecule has 1 aromatic rings. The summed E-state index contributed by atoms with van der Waals surface area (Å²) in [5, 5.41) is 0.614. The van der Waals surface area contributed by atoms with Crippen molar-refractivity contribution in [3.63, 3.8) is 0 Å². The molecule has 0 fully saturated rings. The Hall–Kier alpha value is -2.58. The van der Waals surface area contributed by atoms with Crippen molar-refractivity contribution in [1.82, 2.24) is 14.0 Å². The molecule has 2 atom stereocenters. The lowest BCUT2D eigenvalue weighted by Crippen LogP contribution is -2.63. The Morgan fingerprint density at radius 3 is 2.93 bits per heavy atom. The number of fused-ring (bicyclic) bond motifs is 3. The van der Waals surface area contributed by atoms with Gasteiger partial charge in [-0.05, 0) is 36.9 Å². The van der Waals surface area contributed by atoms with Crippen LogP contribution in [0.3, 0.4) is 0 Å². The topological polar surface area (TPSA) is 70.4 Å². The van der Waals surface area contributed by atoms with Gasteiger partial charge >= 0.3 is 12.0 Å². The fraction of sp³-hybridized carbons (Fsp3) is 0.316. The molecule has 0 aromatic carbocycles. The molecule has 8 heteroatoms. The summed E-state index contributed by atoms with van der Waals surface area (Å²) in [6.07, 6.45) is 13.2. The fourth-order valence-corrected chi connectivity index (χ4v) is 4.67. The molecule has 3 heterocycles. The Bertz CT molecular complexity index is 958. The van der Waals surface area contributed by atoms with Crippen LogP contribution in [-0.4, -0.2) is 40.0 Å². The number of thioether (sulfide) groups is 1. The minimum absolute atomic E-state index is 0.0516. The number of rotatable bonds is 3. The summed E-state index contributed by atoms with van der Waals surface area (Å²) in [5.41, 5.74) is 0.116. The molecule has 4 rings (SSSR count). The van der Waals surface area contributed by atoms with Gasteiger partial charge in [0.25, 0.3) is 0 Å². The van der Waals surface area contributed by atoms with Crippen molar-refractivity contribution in [2.75, 3.05) is 13.7 Å². The molecular formula is C19H20N3O4S+. The predicted molar refractivity (Wildman–Crippen MR) is 103 cm³/mol. The van der Waals surface area contributed by atoms with E-state index in [0.717, 1.165) is 17.5 Å². The number of hydrogen-bond acceptors (Lipinski definition) is 6. The second-order valence-corrected chi connectivity index (χ2v) is 7.61. The van der Waals surface area contributed by atoms with Crippen LogP contribution in [0.25, 0.3) is 5.70 Å². The van der Waals surface area contributed by atoms with Gasteiger partial charge in [0.2, 0.25) is 0 Å². The Balaban J connectivity index is 2.02. The van der Waals surface area contributed by atoms with E-state index in [4.69, 9.17) is 9.47 Å². The fourth-order valence-electron chi connectivity index (χ4n) is 4.00. The van der Waals surface area contributed by atoms with E-state index in [2.05, 4.69) is 4.98 Å². The summed E-state index contributed by atoms with van der Waals surface area (Å²) in [7, 11) is 1.61. The summed E-state index contributed by atoms with van der Waals surface area (Å²) in [6, 6.07) is 0. The first-order chi connectivity index (χ1) is 13.0. The summed E-state index contributed by atoms with van der Waals surface area (Å²) >= 11 is 1.09. The summed E-state index contributed by atoms with van der Waals surface area (Å²) in [4.78, 5) is 29.6. The third-order valence-electron chi connectivity index (χ3n) is 5.07. The maximum Gasteiger partial charge on any atom is 0.529 e. The van der Waals surface area contributed by atoms with E-state index in [-0.39, 0.29) is 16.2 Å². The van der Waals surface area contributed by atoms with Crippen molar-refractivity contribution in [2.24, 2.45) is 0 Å². The molecule has 0 saturated heterocycles. The largest absolute Gasteiger partial charge is 0.529 e. The van der Waals surface area contributed by atoms with Crippen LogP contribution in [0.5, 0.6) is 0 Å². The van der Waals surface area contributed by atoms with Gasteiger partial charge in [-0.15, -0.1) is 4.48 Å². The number of carbonyl (C=O) groups excluding carboxylic acids is 2. The van der Waals surface area contributed by atoms with Gasteiger partial charge in [-0.25, -0.2) is 4.57 Å². The first-order valence-electron chi connectivity index (χ1n) is 8.67. The van der Waals surface area contributed by atoms with Crippen LogP contribution >= 0.6 is 11.8 Å². The molecule has 2 unspecified atom stereocenters. The van der Waals surface area contributed by atoms with Gasteiger partial charge < -0.3 is 9.47 Å². The van der Waals surface area contributed by atoms with Gasteiger partial charge in [-0.3, -0.25) is 4.79 Å². The van der Waals surface area contributed by atoms with Gasteiger partial charge in [0.05, 0.1) is 19.9 Å². The number of ether oxygens (including phenoxy) is 2. The number of aromatic nitrogens is 2. The molecule has 2 aliphatic heterocycles. The number of carbonyl (C=O) groups is 2. The monoisotopic (exact) mass is 386 g/mol. The molecule has 0 bridgehead atoms. The number of hydrogen-bond donors (Lipinski definition) is 0. The van der Waals surface area contributed by atoms with Crippen LogP contribution in [0.1, 0.15) is 20.3 Å². The molecule has 27 heavy (non-hydrogen) atoms. The summed E-state index contributed by atoms with van der Waals surface area (Å²) in [5.74, 6) is 1.22. The van der Waals surface area contributed by atoms with E-state index in [9.17, 15) is 9.59 Å². The van der Waals surface area contributed by atoms with E-state index in [1.54, 1.807) is 20.2 Å². The predicted octanol–water partition coefficient (Wildman–Crippen LogP) is 3.60. The SMILES string of the molecule is CCOC(=O)[N+]12C=CC=CC13CC=C(OC)C=C3n1c(SC(C)=O)cnc12. The van der Waals surface area contributed by atoms with Gasteiger partial charge in [-0.1, -0.05) is 6.08 Å². The van der Waals surface area contributed by atoms with Crippen LogP contribution in [0.4, 0.5) is 10.7 Å². The molecule has 1 spiro atoms. The summed E-state index contributed by atoms with van der Waals surface area (Å²) in [6.45, 7) is 3.56. The smallest absolute Gasteiger partial charge is 0.497 e. The van der Waals surface area contributed by atoms with Crippen molar-refractivity contribution in [3.8, 4) is 0 Å². The van der Waals surface area contributed by atoms with E-state index in [1.165, 1.54) is 6.92 Å². The van der Waals surface area contributed by atoms with Crippen molar-refractivity contribution < 1.29 is 19.1 Å². The molecule has 1 aromatic heterocycles. The van der Waals surface area contributed by atoms with E-state index >= 15 is 0 Å². The first-order valence-corrected chi connectivity index (χ1v) is 9.48. The number of quaternary nitrogens is 1. The highest BCUT2D eigenvalue weighted by atomic mass is 32.2. The number of methoxy groups -OCH3 is 1. The normalized spacial score (nSPS) is 27.2. The lowest BCUT2D eigenvalue weighted by Gasteiger charge is -2.41. The zero-order chi connectivity index (χ0) is 19.2. The second-order valence-electron chi connectivity index (χ2n) is 6.42. The van der Waals surface area contributed by atoms with Crippen LogP contribution in [0.15, 0.2) is 53.6 Å². The van der Waals surface area contributed by atoms with Crippen molar-refractivity contribution >= 4 is 34.6 Å². The van der Waals surface area contributed by atoms with Crippen molar-refractivity contribution in [2.45, 2.75) is 30.8 Å². The van der Waals surface area contributed by atoms with E-state index in [1.807, 2.05) is 41.1 Å². The standard InChI is InChI=1S/C19H20N3O4S/c1-4-26-18(24)22-10-6-5-8-19(22)9-7-14(25-3)11-15(19)21-16(27-13(2)23)12-20-17(21)22/h5-8,10-12H,4,9H2,1-3H3/q+1. The average molecular weight is 386 g/mol. The van der Waals surface area contributed by atoms with Crippen LogP contribution in [-0.2, 0) is 14.3 Å². The quantitative estimate of drug-likeness (QED) is 0.584. The second kappa shape index (κ2) is 6.24. The zero-order valence-electron chi connectivity index (χ0n) is 15.3. The molecule has 0 radical (unpaired) electrons. The Morgan fingerprint density at radius 1 is 1.41 bits per heavy atom. The number of imidazole rings is 1. The number of nitrogens with zero attached hydrogens (tertiary/aromatic N) is 3. The molecule has 1 aliphatic carbocycles.